The van der Waals surface area contributed by atoms with Gasteiger partial charge in [-0.2, -0.15) is 5.10 Å². The Balaban J connectivity index is 2.68. The molecule has 0 aliphatic carbocycles. The molecule has 1 heterocycles. The van der Waals surface area contributed by atoms with Crippen LogP contribution < -0.4 is 11.2 Å². The summed E-state index contributed by atoms with van der Waals surface area (Å²) in [5.41, 5.74) is 9.71. The molecule has 0 radical (unpaired) electrons. The number of hydrazone groups is 1. The van der Waals surface area contributed by atoms with Crippen LogP contribution in [-0.2, 0) is 0 Å². The third-order valence-electron chi connectivity index (χ3n) is 1.44. The molecule has 5 heteroatoms. The van der Waals surface area contributed by atoms with Crippen LogP contribution in [0.15, 0.2) is 23.6 Å². The molecule has 0 saturated carbocycles. The zero-order chi connectivity index (χ0) is 9.68. The Hall–Kier alpha value is -1.49. The number of thiocarbonyl (C=S) groups is 1. The summed E-state index contributed by atoms with van der Waals surface area (Å²) in [6, 6.07) is 1.86. The molecule has 13 heavy (non-hydrogen) atoms. The first kappa shape index (κ1) is 9.60. The Bertz CT molecular complexity index is 335. The van der Waals surface area contributed by atoms with Gasteiger partial charge >= 0.3 is 0 Å². The van der Waals surface area contributed by atoms with Crippen LogP contribution in [0.2, 0.25) is 0 Å². The first-order chi connectivity index (χ1) is 6.20. The second kappa shape index (κ2) is 4.51. The maximum atomic E-state index is 5.19. The number of aryl methyl sites for hydroxylation is 1. The smallest absolute Gasteiger partial charge is 0.184 e. The molecular formula is C8H10N4S. The number of hydrogen-bond donors (Lipinski definition) is 2. The Labute approximate surface area is 81.9 Å². The first-order valence-corrected chi connectivity index (χ1v) is 4.10. The summed E-state index contributed by atoms with van der Waals surface area (Å²) in [5.74, 6) is 0. The average Bonchev–Trinajstić information content (AvgIpc) is 2.08. The zero-order valence-electron chi connectivity index (χ0n) is 7.19. The van der Waals surface area contributed by atoms with Gasteiger partial charge in [0.15, 0.2) is 5.11 Å². The first-order valence-electron chi connectivity index (χ1n) is 3.69. The second-order valence-electron chi connectivity index (χ2n) is 2.47. The summed E-state index contributed by atoms with van der Waals surface area (Å²) in [6.45, 7) is 1.95. The highest BCUT2D eigenvalue weighted by Gasteiger charge is 1.91. The minimum Gasteiger partial charge on any atom is -0.375 e. The van der Waals surface area contributed by atoms with Gasteiger partial charge in [0.1, 0.15) is 0 Å². The summed E-state index contributed by atoms with van der Waals surface area (Å²) in [4.78, 5) is 3.96. The lowest BCUT2D eigenvalue weighted by Gasteiger charge is -1.97. The van der Waals surface area contributed by atoms with Gasteiger partial charge in [-0.3, -0.25) is 10.4 Å². The fourth-order valence-electron chi connectivity index (χ4n) is 0.794. The fraction of sp³-hybridized carbons (Fsp3) is 0.125. The number of rotatable bonds is 2. The van der Waals surface area contributed by atoms with Crippen LogP contribution >= 0.6 is 12.2 Å². The molecule has 3 N–H and O–H groups in total. The Morgan fingerprint density at radius 3 is 3.15 bits per heavy atom. The predicted octanol–water partition coefficient (Wildman–Crippen LogP) is 0.557. The molecule has 1 aromatic heterocycles. The van der Waals surface area contributed by atoms with Gasteiger partial charge in [-0.25, -0.2) is 0 Å². The van der Waals surface area contributed by atoms with E-state index in [1.807, 2.05) is 13.0 Å². The summed E-state index contributed by atoms with van der Waals surface area (Å²) in [7, 11) is 0. The van der Waals surface area contributed by atoms with E-state index in [4.69, 9.17) is 5.73 Å². The summed E-state index contributed by atoms with van der Waals surface area (Å²) < 4.78 is 0. The van der Waals surface area contributed by atoms with Crippen LogP contribution in [-0.4, -0.2) is 16.3 Å². The normalized spacial score (nSPS) is 10.2. The van der Waals surface area contributed by atoms with Gasteiger partial charge in [-0.1, -0.05) is 0 Å². The van der Waals surface area contributed by atoms with E-state index in [1.165, 1.54) is 0 Å². The molecule has 1 aromatic rings. The number of aromatic nitrogens is 1. The topological polar surface area (TPSA) is 63.3 Å². The summed E-state index contributed by atoms with van der Waals surface area (Å²) in [6.07, 6.45) is 5.12. The van der Waals surface area contributed by atoms with E-state index in [0.717, 1.165) is 11.1 Å². The molecule has 68 valence electrons. The van der Waals surface area contributed by atoms with Crippen molar-refractivity contribution >= 4 is 23.5 Å². The lowest BCUT2D eigenvalue weighted by Crippen LogP contribution is -2.24. The molecular weight excluding hydrogens is 184 g/mol. The van der Waals surface area contributed by atoms with Crippen LogP contribution in [0.5, 0.6) is 0 Å². The predicted molar refractivity (Wildman–Crippen MR) is 56.5 cm³/mol. The highest BCUT2D eigenvalue weighted by molar-refractivity contribution is 7.80. The summed E-state index contributed by atoms with van der Waals surface area (Å²) in [5, 5.41) is 3.99. The summed E-state index contributed by atoms with van der Waals surface area (Å²) >= 11 is 4.58. The number of nitrogens with two attached hydrogens (primary N) is 1. The highest BCUT2D eigenvalue weighted by Crippen LogP contribution is 2.00. The number of nitrogens with zero attached hydrogens (tertiary/aromatic N) is 2. The van der Waals surface area contributed by atoms with Crippen molar-refractivity contribution < 1.29 is 0 Å². The van der Waals surface area contributed by atoms with Crippen molar-refractivity contribution in [2.45, 2.75) is 6.92 Å². The van der Waals surface area contributed by atoms with Crippen LogP contribution in [0.1, 0.15) is 11.1 Å². The van der Waals surface area contributed by atoms with E-state index in [2.05, 4.69) is 27.7 Å². The van der Waals surface area contributed by atoms with E-state index in [0.29, 0.717) is 0 Å². The van der Waals surface area contributed by atoms with Crippen LogP contribution in [0.3, 0.4) is 0 Å². The van der Waals surface area contributed by atoms with Crippen molar-refractivity contribution in [3.63, 3.8) is 0 Å². The van der Waals surface area contributed by atoms with Gasteiger partial charge in [0.25, 0.3) is 0 Å². The van der Waals surface area contributed by atoms with Gasteiger partial charge in [0, 0.05) is 18.0 Å². The van der Waals surface area contributed by atoms with E-state index in [-0.39, 0.29) is 5.11 Å². The largest absolute Gasteiger partial charge is 0.375 e. The van der Waals surface area contributed by atoms with Gasteiger partial charge < -0.3 is 5.73 Å². The second-order valence-corrected chi connectivity index (χ2v) is 2.91. The minimum absolute atomic E-state index is 0.156. The Morgan fingerprint density at radius 1 is 1.77 bits per heavy atom. The van der Waals surface area contributed by atoms with Crippen LogP contribution in [0.4, 0.5) is 0 Å². The molecule has 0 aliphatic rings. The average molecular weight is 194 g/mol. The Kier molecular flexibility index (Phi) is 3.33. The van der Waals surface area contributed by atoms with Crippen LogP contribution in [0, 0.1) is 6.92 Å². The molecule has 0 atom stereocenters. The third-order valence-corrected chi connectivity index (χ3v) is 1.53. The number of nitrogens with one attached hydrogen (secondary N) is 1. The van der Waals surface area contributed by atoms with E-state index >= 15 is 0 Å². The van der Waals surface area contributed by atoms with Crippen LogP contribution in [0.25, 0.3) is 0 Å². The molecule has 0 saturated heterocycles. The van der Waals surface area contributed by atoms with Gasteiger partial charge in [-0.05, 0) is 30.8 Å². The molecule has 4 nitrogen and oxygen atoms in total. The maximum Gasteiger partial charge on any atom is 0.184 e. The third kappa shape index (κ3) is 3.16. The molecule has 0 unspecified atom stereocenters. The number of pyridine rings is 1. The SMILES string of the molecule is Cc1cnccc1/C=N/NC(N)=S. The molecule has 0 spiro atoms. The van der Waals surface area contributed by atoms with Crippen molar-refractivity contribution in [2.75, 3.05) is 0 Å². The van der Waals surface area contributed by atoms with Crippen molar-refractivity contribution in [3.8, 4) is 0 Å². The maximum absolute atomic E-state index is 5.19. The Morgan fingerprint density at radius 2 is 2.54 bits per heavy atom. The number of hydrogen-bond acceptors (Lipinski definition) is 3. The van der Waals surface area contributed by atoms with E-state index < -0.39 is 0 Å². The van der Waals surface area contributed by atoms with Crippen molar-refractivity contribution in [1.82, 2.24) is 10.4 Å². The van der Waals surface area contributed by atoms with Gasteiger partial charge in [0.05, 0.1) is 6.21 Å². The van der Waals surface area contributed by atoms with Crippen molar-refractivity contribution in [2.24, 2.45) is 10.8 Å². The minimum atomic E-state index is 0.156. The molecule has 0 bridgehead atoms. The van der Waals surface area contributed by atoms with Crippen molar-refractivity contribution in [1.29, 1.82) is 0 Å². The standard InChI is InChI=1S/C8H10N4S/c1-6-4-10-3-2-7(6)5-11-12-8(9)13/h2-5H,1H3,(H3,9,12,13)/b11-5+. The zero-order valence-corrected chi connectivity index (χ0v) is 8.01. The molecule has 0 aromatic carbocycles. The fourth-order valence-corrected chi connectivity index (χ4v) is 0.847. The molecule has 0 amide bonds. The lowest BCUT2D eigenvalue weighted by molar-refractivity contribution is 1.04. The lowest BCUT2D eigenvalue weighted by atomic mass is 10.2. The van der Waals surface area contributed by atoms with E-state index in [1.54, 1.807) is 18.6 Å². The highest BCUT2D eigenvalue weighted by atomic mass is 32.1. The van der Waals surface area contributed by atoms with Gasteiger partial charge in [0.2, 0.25) is 0 Å². The quantitative estimate of drug-likeness (QED) is 0.410. The molecule has 0 fully saturated rings. The van der Waals surface area contributed by atoms with Crippen molar-refractivity contribution in [3.05, 3.63) is 29.6 Å². The van der Waals surface area contributed by atoms with E-state index in [9.17, 15) is 0 Å². The monoisotopic (exact) mass is 194 g/mol. The molecule has 1 rings (SSSR count). The van der Waals surface area contributed by atoms with Gasteiger partial charge in [-0.15, -0.1) is 0 Å². The molecule has 0 aliphatic heterocycles.